The van der Waals surface area contributed by atoms with Gasteiger partial charge in [0.15, 0.2) is 11.3 Å². The van der Waals surface area contributed by atoms with Crippen LogP contribution in [0.5, 0.6) is 0 Å². The van der Waals surface area contributed by atoms with Gasteiger partial charge in [0.2, 0.25) is 0 Å². The number of furan rings is 1. The lowest BCUT2D eigenvalue weighted by atomic mass is 9.91. The molecule has 0 aromatic carbocycles. The van der Waals surface area contributed by atoms with E-state index in [1.807, 2.05) is 0 Å². The first-order valence-electron chi connectivity index (χ1n) is 11.5. The molecule has 5 aromatic rings. The van der Waals surface area contributed by atoms with Crippen molar-refractivity contribution in [2.45, 2.75) is 38.8 Å². The fourth-order valence-electron chi connectivity index (χ4n) is 4.00. The number of thiophene rings is 1. The Hall–Kier alpha value is -4.40. The number of hydrogen-bond acceptors (Lipinski definition) is 7. The first-order chi connectivity index (χ1) is 18.6. The topological polar surface area (TPSA) is 128 Å². The summed E-state index contributed by atoms with van der Waals surface area (Å²) in [6.45, 7) is 5.06. The molecule has 0 atom stereocenters. The molecule has 0 aliphatic heterocycles. The first-order valence-corrected chi connectivity index (χ1v) is 12.4. The highest BCUT2D eigenvalue weighted by atomic mass is 32.1. The second-order valence-electron chi connectivity index (χ2n) is 9.75. The summed E-state index contributed by atoms with van der Waals surface area (Å²) in [7, 11) is 0. The standard InChI is InChI=1S/C25H19F5N6O3S/c1-24(2,3)14-9-15(25(28,29)30)36-16(33-14)8-12(35-36)22(38)34-18-17-10(13-5-4-6-39-13)7-11(20(26)27)32-23(17)40-19(18)21(31)37/h4-9,20H,1-3H3,(H2,31,37)(H,34,38). The number of rotatable bonds is 5. The fraction of sp³-hybridized carbons (Fsp3) is 0.240. The largest absolute Gasteiger partial charge is 0.464 e. The molecule has 0 aliphatic carbocycles. The van der Waals surface area contributed by atoms with Gasteiger partial charge in [-0.3, -0.25) is 9.59 Å². The van der Waals surface area contributed by atoms with Crippen LogP contribution in [0.4, 0.5) is 27.6 Å². The van der Waals surface area contributed by atoms with E-state index in [9.17, 15) is 31.5 Å². The maximum atomic E-state index is 13.9. The summed E-state index contributed by atoms with van der Waals surface area (Å²) >= 11 is 0.666. The number of nitrogens with zero attached hydrogens (tertiary/aromatic N) is 4. The number of aromatic nitrogens is 4. The normalized spacial score (nSPS) is 12.5. The van der Waals surface area contributed by atoms with Gasteiger partial charge in [0.1, 0.15) is 26.9 Å². The zero-order valence-corrected chi connectivity index (χ0v) is 21.7. The molecule has 0 fully saturated rings. The number of alkyl halides is 5. The molecule has 9 nitrogen and oxygen atoms in total. The quantitative estimate of drug-likeness (QED) is 0.239. The summed E-state index contributed by atoms with van der Waals surface area (Å²) in [5, 5.41) is 6.37. The van der Waals surface area contributed by atoms with Gasteiger partial charge in [-0.15, -0.1) is 11.3 Å². The van der Waals surface area contributed by atoms with Crippen LogP contribution in [0.3, 0.4) is 0 Å². The molecule has 208 valence electrons. The van der Waals surface area contributed by atoms with E-state index in [1.165, 1.54) is 18.4 Å². The van der Waals surface area contributed by atoms with E-state index in [0.29, 0.717) is 15.9 Å². The number of amides is 2. The molecule has 0 saturated heterocycles. The molecule has 5 aromatic heterocycles. The Labute approximate surface area is 225 Å². The smallest absolute Gasteiger partial charge is 0.433 e. The third-order valence-electron chi connectivity index (χ3n) is 5.87. The van der Waals surface area contributed by atoms with E-state index in [1.54, 1.807) is 20.8 Å². The lowest BCUT2D eigenvalue weighted by Gasteiger charge is -2.19. The van der Waals surface area contributed by atoms with Crippen molar-refractivity contribution in [2.75, 3.05) is 5.32 Å². The summed E-state index contributed by atoms with van der Waals surface area (Å²) in [6, 6.07) is 5.98. The molecule has 2 amide bonds. The Morgan fingerprint density at radius 1 is 1.12 bits per heavy atom. The fourth-order valence-corrected chi connectivity index (χ4v) is 5.01. The molecule has 5 heterocycles. The van der Waals surface area contributed by atoms with Crippen molar-refractivity contribution in [3.63, 3.8) is 0 Å². The van der Waals surface area contributed by atoms with Crippen molar-refractivity contribution in [1.29, 1.82) is 0 Å². The maximum absolute atomic E-state index is 13.9. The number of pyridine rings is 1. The predicted octanol–water partition coefficient (Wildman–Crippen LogP) is 6.20. The van der Waals surface area contributed by atoms with Crippen molar-refractivity contribution in [3.05, 3.63) is 64.2 Å². The minimum Gasteiger partial charge on any atom is -0.464 e. The van der Waals surface area contributed by atoms with Crippen LogP contribution in [-0.4, -0.2) is 31.4 Å². The average Bonchev–Trinajstić information content (AvgIpc) is 3.60. The number of primary amides is 1. The van der Waals surface area contributed by atoms with Crippen molar-refractivity contribution < 1.29 is 36.0 Å². The lowest BCUT2D eigenvalue weighted by molar-refractivity contribution is -0.142. The van der Waals surface area contributed by atoms with Crippen LogP contribution in [0.1, 0.15) is 64.4 Å². The Morgan fingerprint density at radius 2 is 1.85 bits per heavy atom. The Balaban J connectivity index is 1.67. The molecule has 0 bridgehead atoms. The second kappa shape index (κ2) is 9.36. The number of anilines is 1. The molecule has 0 unspecified atom stereocenters. The minimum absolute atomic E-state index is 0.0425. The number of fused-ring (bicyclic) bond motifs is 2. The number of hydrogen-bond donors (Lipinski definition) is 2. The monoisotopic (exact) mass is 578 g/mol. The van der Waals surface area contributed by atoms with Crippen molar-refractivity contribution in [3.8, 4) is 11.3 Å². The third-order valence-corrected chi connectivity index (χ3v) is 6.97. The Morgan fingerprint density at radius 3 is 2.42 bits per heavy atom. The van der Waals surface area contributed by atoms with E-state index >= 15 is 0 Å². The summed E-state index contributed by atoms with van der Waals surface area (Å²) in [5.74, 6) is -1.85. The summed E-state index contributed by atoms with van der Waals surface area (Å²) in [4.78, 5) is 33.5. The highest BCUT2D eigenvalue weighted by Gasteiger charge is 2.37. The molecule has 3 N–H and O–H groups in total. The number of nitrogens with one attached hydrogen (secondary N) is 1. The van der Waals surface area contributed by atoms with E-state index in [-0.39, 0.29) is 43.4 Å². The van der Waals surface area contributed by atoms with Crippen molar-refractivity contribution >= 4 is 44.7 Å². The summed E-state index contributed by atoms with van der Waals surface area (Å²) in [6.07, 6.45) is -6.46. The van der Waals surface area contributed by atoms with E-state index in [0.717, 1.165) is 18.2 Å². The molecule has 0 saturated carbocycles. The Kier molecular flexibility index (Phi) is 6.36. The van der Waals surface area contributed by atoms with Crippen LogP contribution in [0, 0.1) is 0 Å². The highest BCUT2D eigenvalue weighted by Crippen LogP contribution is 2.43. The van der Waals surface area contributed by atoms with Gasteiger partial charge in [-0.05, 0) is 24.3 Å². The van der Waals surface area contributed by atoms with E-state index in [2.05, 4.69) is 20.4 Å². The molecule has 15 heteroatoms. The van der Waals surface area contributed by atoms with Gasteiger partial charge in [0.25, 0.3) is 18.2 Å². The molecular formula is C25H19F5N6O3S. The van der Waals surface area contributed by atoms with Gasteiger partial charge in [-0.25, -0.2) is 23.3 Å². The average molecular weight is 579 g/mol. The van der Waals surface area contributed by atoms with Crippen molar-refractivity contribution in [1.82, 2.24) is 19.6 Å². The van der Waals surface area contributed by atoms with Crippen LogP contribution in [0.15, 0.2) is 41.0 Å². The zero-order chi connectivity index (χ0) is 29.1. The van der Waals surface area contributed by atoms with Crippen LogP contribution >= 0.6 is 11.3 Å². The zero-order valence-electron chi connectivity index (χ0n) is 20.9. The van der Waals surface area contributed by atoms with Crippen molar-refractivity contribution in [2.24, 2.45) is 5.73 Å². The van der Waals surface area contributed by atoms with E-state index in [4.69, 9.17) is 10.2 Å². The van der Waals surface area contributed by atoms with Gasteiger partial charge >= 0.3 is 6.18 Å². The van der Waals surface area contributed by atoms with E-state index < -0.39 is 46.9 Å². The van der Waals surface area contributed by atoms with Crippen LogP contribution in [-0.2, 0) is 11.6 Å². The second-order valence-corrected chi connectivity index (χ2v) is 10.8. The Bertz CT molecular complexity index is 1780. The number of carbonyl (C=O) groups is 2. The lowest BCUT2D eigenvalue weighted by Crippen LogP contribution is -2.20. The molecule has 0 radical (unpaired) electrons. The van der Waals surface area contributed by atoms with Crippen LogP contribution < -0.4 is 11.1 Å². The molecular weight excluding hydrogens is 559 g/mol. The van der Waals surface area contributed by atoms with Gasteiger partial charge in [0, 0.05) is 22.4 Å². The van der Waals surface area contributed by atoms with Gasteiger partial charge < -0.3 is 15.5 Å². The third kappa shape index (κ3) is 4.76. The van der Waals surface area contributed by atoms with Gasteiger partial charge in [-0.2, -0.15) is 18.3 Å². The molecule has 0 spiro atoms. The van der Waals surface area contributed by atoms with Crippen LogP contribution in [0.25, 0.3) is 27.2 Å². The minimum atomic E-state index is -4.81. The first kappa shape index (κ1) is 27.2. The number of carbonyl (C=O) groups excluding carboxylic acids is 2. The van der Waals surface area contributed by atoms with Gasteiger partial charge in [0.05, 0.1) is 17.6 Å². The summed E-state index contributed by atoms with van der Waals surface area (Å²) < 4.78 is 74.7. The predicted molar refractivity (Wildman–Crippen MR) is 135 cm³/mol. The SMILES string of the molecule is CC(C)(C)c1cc(C(F)(F)F)n2nc(C(=O)Nc3c(C(N)=O)sc4nc(C(F)F)cc(-c5ccco5)c34)cc2n1. The molecule has 40 heavy (non-hydrogen) atoms. The highest BCUT2D eigenvalue weighted by molar-refractivity contribution is 7.21. The summed E-state index contributed by atoms with van der Waals surface area (Å²) in [5.41, 5.74) is 2.40. The number of nitrogens with two attached hydrogens (primary N) is 1. The molecule has 5 rings (SSSR count). The van der Waals surface area contributed by atoms with Crippen LogP contribution in [0.2, 0.25) is 0 Å². The van der Waals surface area contributed by atoms with Gasteiger partial charge in [-0.1, -0.05) is 20.8 Å². The maximum Gasteiger partial charge on any atom is 0.433 e. The molecule has 0 aliphatic rings. The number of halogens is 5.